The van der Waals surface area contributed by atoms with E-state index in [0.717, 1.165) is 0 Å². The highest BCUT2D eigenvalue weighted by atomic mass is 16.4. The SMILES string of the molecule is CN(C(C)(C)CO)C1(CC(=O)O)CNC1. The second kappa shape index (κ2) is 4.08. The highest BCUT2D eigenvalue weighted by molar-refractivity contribution is 5.69. The Morgan fingerprint density at radius 3 is 2.33 bits per heavy atom. The van der Waals surface area contributed by atoms with Crippen molar-refractivity contribution >= 4 is 5.97 Å². The van der Waals surface area contributed by atoms with Crippen molar-refractivity contribution in [1.29, 1.82) is 0 Å². The molecule has 5 nitrogen and oxygen atoms in total. The summed E-state index contributed by atoms with van der Waals surface area (Å²) in [4.78, 5) is 12.8. The van der Waals surface area contributed by atoms with E-state index in [1.807, 2.05) is 25.8 Å². The van der Waals surface area contributed by atoms with Crippen LogP contribution in [0.1, 0.15) is 20.3 Å². The van der Waals surface area contributed by atoms with E-state index in [-0.39, 0.29) is 18.6 Å². The second-order valence-electron chi connectivity index (χ2n) is 4.93. The Bertz CT molecular complexity index is 249. The van der Waals surface area contributed by atoms with E-state index in [1.54, 1.807) is 0 Å². The van der Waals surface area contributed by atoms with E-state index < -0.39 is 11.5 Å². The number of aliphatic hydroxyl groups is 1. The van der Waals surface area contributed by atoms with E-state index in [9.17, 15) is 9.90 Å². The van der Waals surface area contributed by atoms with Gasteiger partial charge in [0.15, 0.2) is 0 Å². The first-order chi connectivity index (χ1) is 6.84. The first-order valence-corrected chi connectivity index (χ1v) is 5.11. The number of nitrogens with one attached hydrogen (secondary N) is 1. The minimum absolute atomic E-state index is 0.0187. The highest BCUT2D eigenvalue weighted by Crippen LogP contribution is 2.29. The maximum Gasteiger partial charge on any atom is 0.305 e. The van der Waals surface area contributed by atoms with Crippen molar-refractivity contribution in [2.75, 3.05) is 26.7 Å². The third kappa shape index (κ3) is 2.30. The van der Waals surface area contributed by atoms with Gasteiger partial charge in [-0.05, 0) is 20.9 Å². The molecule has 1 rings (SSSR count). The summed E-state index contributed by atoms with van der Waals surface area (Å²) >= 11 is 0. The fraction of sp³-hybridized carbons (Fsp3) is 0.900. The van der Waals surface area contributed by atoms with Gasteiger partial charge in [0.1, 0.15) is 0 Å². The molecule has 1 saturated heterocycles. The summed E-state index contributed by atoms with van der Waals surface area (Å²) in [6.07, 6.45) is 0.111. The van der Waals surface area contributed by atoms with Crippen LogP contribution in [-0.2, 0) is 4.79 Å². The van der Waals surface area contributed by atoms with Crippen LogP contribution in [0.5, 0.6) is 0 Å². The van der Waals surface area contributed by atoms with Gasteiger partial charge in [-0.15, -0.1) is 0 Å². The molecule has 0 bridgehead atoms. The maximum atomic E-state index is 10.8. The quantitative estimate of drug-likeness (QED) is 0.578. The number of nitrogens with zero attached hydrogens (tertiary/aromatic N) is 1. The van der Waals surface area contributed by atoms with Crippen LogP contribution in [0.25, 0.3) is 0 Å². The number of carboxylic acid groups (broad SMARTS) is 1. The van der Waals surface area contributed by atoms with E-state index in [0.29, 0.717) is 13.1 Å². The molecule has 0 aromatic rings. The molecule has 0 aliphatic carbocycles. The molecule has 1 aliphatic heterocycles. The van der Waals surface area contributed by atoms with Gasteiger partial charge in [0, 0.05) is 18.6 Å². The summed E-state index contributed by atoms with van der Waals surface area (Å²) in [6.45, 7) is 5.17. The first-order valence-electron chi connectivity index (χ1n) is 5.11. The van der Waals surface area contributed by atoms with E-state index >= 15 is 0 Å². The predicted octanol–water partition coefficient (Wildman–Crippen LogP) is -0.494. The van der Waals surface area contributed by atoms with Gasteiger partial charge in [0.25, 0.3) is 0 Å². The molecule has 88 valence electrons. The highest BCUT2D eigenvalue weighted by Gasteiger charge is 2.47. The third-order valence-corrected chi connectivity index (χ3v) is 3.39. The Morgan fingerprint density at radius 2 is 2.07 bits per heavy atom. The van der Waals surface area contributed by atoms with E-state index in [2.05, 4.69) is 5.32 Å². The average molecular weight is 216 g/mol. The Morgan fingerprint density at radius 1 is 1.53 bits per heavy atom. The van der Waals surface area contributed by atoms with Crippen LogP contribution in [0, 0.1) is 0 Å². The zero-order valence-electron chi connectivity index (χ0n) is 9.58. The van der Waals surface area contributed by atoms with Gasteiger partial charge in [-0.25, -0.2) is 0 Å². The minimum Gasteiger partial charge on any atom is -0.481 e. The number of carbonyl (C=O) groups is 1. The Kier molecular flexibility index (Phi) is 3.38. The van der Waals surface area contributed by atoms with Gasteiger partial charge < -0.3 is 15.5 Å². The van der Waals surface area contributed by atoms with Crippen LogP contribution >= 0.6 is 0 Å². The number of hydrogen-bond donors (Lipinski definition) is 3. The lowest BCUT2D eigenvalue weighted by Crippen LogP contribution is -2.73. The largest absolute Gasteiger partial charge is 0.481 e. The smallest absolute Gasteiger partial charge is 0.305 e. The van der Waals surface area contributed by atoms with Gasteiger partial charge >= 0.3 is 5.97 Å². The van der Waals surface area contributed by atoms with Gasteiger partial charge in [0.05, 0.1) is 18.6 Å². The number of aliphatic carboxylic acids is 1. The maximum absolute atomic E-state index is 10.8. The molecule has 5 heteroatoms. The molecule has 0 atom stereocenters. The fourth-order valence-corrected chi connectivity index (χ4v) is 1.92. The summed E-state index contributed by atoms with van der Waals surface area (Å²) in [6, 6.07) is 0. The van der Waals surface area contributed by atoms with Crippen LogP contribution < -0.4 is 5.32 Å². The first kappa shape index (κ1) is 12.4. The van der Waals surface area contributed by atoms with Gasteiger partial charge in [-0.2, -0.15) is 0 Å². The zero-order valence-corrected chi connectivity index (χ0v) is 9.58. The van der Waals surface area contributed by atoms with Crippen molar-refractivity contribution in [3.63, 3.8) is 0 Å². The molecule has 1 aliphatic rings. The van der Waals surface area contributed by atoms with Crippen LogP contribution in [0.2, 0.25) is 0 Å². The summed E-state index contributed by atoms with van der Waals surface area (Å²) in [5.74, 6) is -0.794. The summed E-state index contributed by atoms with van der Waals surface area (Å²) < 4.78 is 0. The average Bonchev–Trinajstić information content (AvgIpc) is 2.10. The van der Waals surface area contributed by atoms with Crippen LogP contribution in [0.4, 0.5) is 0 Å². The predicted molar refractivity (Wildman–Crippen MR) is 56.8 cm³/mol. The summed E-state index contributed by atoms with van der Waals surface area (Å²) in [5, 5.41) is 21.3. The summed E-state index contributed by atoms with van der Waals surface area (Å²) in [7, 11) is 1.88. The lowest BCUT2D eigenvalue weighted by Gasteiger charge is -2.54. The topological polar surface area (TPSA) is 72.8 Å². The van der Waals surface area contributed by atoms with Crippen molar-refractivity contribution in [2.45, 2.75) is 31.3 Å². The molecule has 0 aromatic carbocycles. The van der Waals surface area contributed by atoms with Crippen molar-refractivity contribution in [3.8, 4) is 0 Å². The molecule has 1 heterocycles. The molecule has 3 N–H and O–H groups in total. The lowest BCUT2D eigenvalue weighted by molar-refractivity contribution is -0.143. The Hall–Kier alpha value is -0.650. The number of rotatable bonds is 5. The molecule has 0 spiro atoms. The molecule has 0 aromatic heterocycles. The summed E-state index contributed by atoms with van der Waals surface area (Å²) in [5.41, 5.74) is -0.740. The number of likely N-dealkylation sites (N-methyl/N-ethyl adjacent to an activating group) is 1. The standard InChI is InChI=1S/C10H20N2O3/c1-9(2,7-13)12(3)10(4-8(14)15)5-11-6-10/h11,13H,4-7H2,1-3H3,(H,14,15). The van der Waals surface area contributed by atoms with Gasteiger partial charge in [-0.3, -0.25) is 9.69 Å². The zero-order chi connectivity index (χ0) is 11.7. The molecule has 0 amide bonds. The van der Waals surface area contributed by atoms with Crippen molar-refractivity contribution in [2.24, 2.45) is 0 Å². The fourth-order valence-electron chi connectivity index (χ4n) is 1.92. The van der Waals surface area contributed by atoms with E-state index in [1.165, 1.54) is 0 Å². The Labute approximate surface area is 90.1 Å². The molecule has 0 saturated carbocycles. The molecular weight excluding hydrogens is 196 g/mol. The second-order valence-corrected chi connectivity index (χ2v) is 4.93. The van der Waals surface area contributed by atoms with Crippen LogP contribution in [0.3, 0.4) is 0 Å². The van der Waals surface area contributed by atoms with Crippen molar-refractivity contribution in [3.05, 3.63) is 0 Å². The minimum atomic E-state index is -0.794. The molecule has 0 unspecified atom stereocenters. The third-order valence-electron chi connectivity index (χ3n) is 3.39. The monoisotopic (exact) mass is 216 g/mol. The lowest BCUT2D eigenvalue weighted by atomic mass is 9.83. The normalized spacial score (nSPS) is 20.1. The van der Waals surface area contributed by atoms with Crippen LogP contribution in [0.15, 0.2) is 0 Å². The molecule has 1 fully saturated rings. The van der Waals surface area contributed by atoms with E-state index in [4.69, 9.17) is 5.11 Å². The van der Waals surface area contributed by atoms with Gasteiger partial charge in [-0.1, -0.05) is 0 Å². The van der Waals surface area contributed by atoms with Crippen molar-refractivity contribution in [1.82, 2.24) is 10.2 Å². The Balaban J connectivity index is 2.77. The van der Waals surface area contributed by atoms with Crippen LogP contribution in [-0.4, -0.2) is 58.9 Å². The molecular formula is C10H20N2O3. The van der Waals surface area contributed by atoms with Crippen molar-refractivity contribution < 1.29 is 15.0 Å². The van der Waals surface area contributed by atoms with Gasteiger partial charge in [0.2, 0.25) is 0 Å². The number of carboxylic acids is 1. The molecule has 15 heavy (non-hydrogen) atoms. The number of hydrogen-bond acceptors (Lipinski definition) is 4. The molecule has 0 radical (unpaired) electrons. The number of aliphatic hydroxyl groups excluding tert-OH is 1.